The molecule has 2 aromatic carbocycles. The fourth-order valence-corrected chi connectivity index (χ4v) is 3.22. The van der Waals surface area contributed by atoms with Crippen LogP contribution in [0, 0.1) is 6.92 Å². The highest BCUT2D eigenvalue weighted by atomic mass is 35.5. The molecule has 0 aliphatic rings. The van der Waals surface area contributed by atoms with Crippen molar-refractivity contribution in [2.75, 3.05) is 0 Å². The van der Waals surface area contributed by atoms with Crippen LogP contribution in [0.25, 0.3) is 0 Å². The van der Waals surface area contributed by atoms with E-state index in [1.807, 2.05) is 18.2 Å². The summed E-state index contributed by atoms with van der Waals surface area (Å²) in [6.07, 6.45) is 0. The molecule has 0 atom stereocenters. The molecule has 2 N–H and O–H groups in total. The van der Waals surface area contributed by atoms with Gasteiger partial charge >= 0.3 is 0 Å². The topological polar surface area (TPSA) is 26.0 Å². The van der Waals surface area contributed by atoms with Gasteiger partial charge < -0.3 is 5.73 Å². The summed E-state index contributed by atoms with van der Waals surface area (Å²) < 4.78 is 0. The lowest BCUT2D eigenvalue weighted by atomic mass is 10.2. The van der Waals surface area contributed by atoms with E-state index in [9.17, 15) is 0 Å². The third-order valence-electron chi connectivity index (χ3n) is 2.73. The maximum absolute atomic E-state index is 6.23. The van der Waals surface area contributed by atoms with E-state index in [1.165, 1.54) is 11.1 Å². The third-order valence-corrected chi connectivity index (χ3v) is 4.41. The highest BCUT2D eigenvalue weighted by molar-refractivity contribution is 7.98. The molecule has 0 fully saturated rings. The second kappa shape index (κ2) is 6.28. The molecular formula is C15H16ClNS. The van der Waals surface area contributed by atoms with E-state index in [-0.39, 0.29) is 0 Å². The summed E-state index contributed by atoms with van der Waals surface area (Å²) in [6, 6.07) is 14.4. The highest BCUT2D eigenvalue weighted by Gasteiger charge is 2.06. The van der Waals surface area contributed by atoms with E-state index in [2.05, 4.69) is 31.2 Å². The van der Waals surface area contributed by atoms with Gasteiger partial charge in [0, 0.05) is 17.2 Å². The summed E-state index contributed by atoms with van der Waals surface area (Å²) >= 11 is 7.98. The summed E-state index contributed by atoms with van der Waals surface area (Å²) in [5.74, 6) is 0.915. The predicted octanol–water partition coefficient (Wildman–Crippen LogP) is 4.40. The van der Waals surface area contributed by atoms with Crippen LogP contribution in [-0.2, 0) is 12.3 Å². The van der Waals surface area contributed by atoms with Crippen LogP contribution in [0.15, 0.2) is 47.4 Å². The van der Waals surface area contributed by atoms with Crippen LogP contribution >= 0.6 is 23.4 Å². The van der Waals surface area contributed by atoms with E-state index in [0.29, 0.717) is 6.54 Å². The SMILES string of the molecule is Cc1cccc(CSc2c(Cl)cccc2CN)c1. The fraction of sp³-hybridized carbons (Fsp3) is 0.200. The maximum Gasteiger partial charge on any atom is 0.0545 e. The van der Waals surface area contributed by atoms with Crippen LogP contribution < -0.4 is 5.73 Å². The van der Waals surface area contributed by atoms with Crippen LogP contribution in [-0.4, -0.2) is 0 Å². The second-order valence-electron chi connectivity index (χ2n) is 4.21. The quantitative estimate of drug-likeness (QED) is 0.839. The van der Waals surface area contributed by atoms with Crippen LogP contribution in [0.1, 0.15) is 16.7 Å². The van der Waals surface area contributed by atoms with Gasteiger partial charge in [0.1, 0.15) is 0 Å². The normalized spacial score (nSPS) is 10.6. The Morgan fingerprint density at radius 2 is 1.94 bits per heavy atom. The molecule has 0 heterocycles. The fourth-order valence-electron chi connectivity index (χ4n) is 1.83. The lowest BCUT2D eigenvalue weighted by Crippen LogP contribution is -1.98. The minimum atomic E-state index is 0.525. The number of nitrogens with two attached hydrogens (primary N) is 1. The average molecular weight is 278 g/mol. The molecule has 0 radical (unpaired) electrons. The lowest BCUT2D eigenvalue weighted by molar-refractivity contribution is 1.03. The number of halogens is 1. The van der Waals surface area contributed by atoms with Crippen molar-refractivity contribution >= 4 is 23.4 Å². The number of thioether (sulfide) groups is 1. The van der Waals surface area contributed by atoms with Crippen LogP contribution in [0.4, 0.5) is 0 Å². The molecule has 18 heavy (non-hydrogen) atoms. The molecule has 94 valence electrons. The van der Waals surface area contributed by atoms with Crippen LogP contribution in [0.3, 0.4) is 0 Å². The Morgan fingerprint density at radius 1 is 1.17 bits per heavy atom. The molecule has 2 aromatic rings. The van der Waals surface area contributed by atoms with E-state index < -0.39 is 0 Å². The highest BCUT2D eigenvalue weighted by Crippen LogP contribution is 2.32. The van der Waals surface area contributed by atoms with E-state index in [4.69, 9.17) is 17.3 Å². The Kier molecular flexibility index (Phi) is 4.70. The van der Waals surface area contributed by atoms with Crippen LogP contribution in [0.5, 0.6) is 0 Å². The Hall–Kier alpha value is -0.960. The van der Waals surface area contributed by atoms with Gasteiger partial charge in [-0.15, -0.1) is 11.8 Å². The third kappa shape index (κ3) is 3.29. The van der Waals surface area contributed by atoms with Crippen molar-refractivity contribution in [2.24, 2.45) is 5.73 Å². The first kappa shape index (κ1) is 13.5. The van der Waals surface area contributed by atoms with Gasteiger partial charge in [0.15, 0.2) is 0 Å². The zero-order valence-electron chi connectivity index (χ0n) is 10.3. The Morgan fingerprint density at radius 3 is 2.67 bits per heavy atom. The largest absolute Gasteiger partial charge is 0.326 e. The number of benzene rings is 2. The summed E-state index contributed by atoms with van der Waals surface area (Å²) in [5, 5.41) is 0.788. The predicted molar refractivity (Wildman–Crippen MR) is 80.1 cm³/mol. The monoisotopic (exact) mass is 277 g/mol. The van der Waals surface area contributed by atoms with Gasteiger partial charge in [-0.1, -0.05) is 53.6 Å². The van der Waals surface area contributed by atoms with Gasteiger partial charge in [0.25, 0.3) is 0 Å². The molecule has 1 nitrogen and oxygen atoms in total. The van der Waals surface area contributed by atoms with E-state index in [1.54, 1.807) is 11.8 Å². The van der Waals surface area contributed by atoms with Crippen molar-refractivity contribution in [1.29, 1.82) is 0 Å². The maximum atomic E-state index is 6.23. The Balaban J connectivity index is 2.15. The number of rotatable bonds is 4. The summed E-state index contributed by atoms with van der Waals surface area (Å²) in [4.78, 5) is 1.10. The van der Waals surface area contributed by atoms with Crippen molar-refractivity contribution in [1.82, 2.24) is 0 Å². The number of aryl methyl sites for hydroxylation is 1. The molecule has 0 spiro atoms. The van der Waals surface area contributed by atoms with E-state index in [0.717, 1.165) is 21.2 Å². The van der Waals surface area contributed by atoms with Crippen molar-refractivity contribution < 1.29 is 0 Å². The zero-order chi connectivity index (χ0) is 13.0. The van der Waals surface area contributed by atoms with Gasteiger partial charge in [0.05, 0.1) is 5.02 Å². The molecule has 0 unspecified atom stereocenters. The molecule has 0 bridgehead atoms. The molecule has 3 heteroatoms. The standard InChI is InChI=1S/C15H16ClNS/c1-11-4-2-5-12(8-11)10-18-15-13(9-17)6-3-7-14(15)16/h2-8H,9-10,17H2,1H3. The number of hydrogen-bond acceptors (Lipinski definition) is 2. The second-order valence-corrected chi connectivity index (χ2v) is 5.60. The smallest absolute Gasteiger partial charge is 0.0545 e. The first-order chi connectivity index (χ1) is 8.70. The molecule has 2 rings (SSSR count). The number of hydrogen-bond donors (Lipinski definition) is 1. The van der Waals surface area contributed by atoms with Crippen molar-refractivity contribution in [2.45, 2.75) is 24.1 Å². The Labute approximate surface area is 117 Å². The summed E-state index contributed by atoms with van der Waals surface area (Å²) in [5.41, 5.74) is 9.44. The van der Waals surface area contributed by atoms with Gasteiger partial charge in [0.2, 0.25) is 0 Å². The molecule has 0 aromatic heterocycles. The zero-order valence-corrected chi connectivity index (χ0v) is 11.9. The minimum absolute atomic E-state index is 0.525. The lowest BCUT2D eigenvalue weighted by Gasteiger charge is -2.09. The average Bonchev–Trinajstić information content (AvgIpc) is 2.37. The van der Waals surface area contributed by atoms with Gasteiger partial charge in [-0.25, -0.2) is 0 Å². The molecular weight excluding hydrogens is 262 g/mol. The van der Waals surface area contributed by atoms with E-state index >= 15 is 0 Å². The molecule has 0 saturated carbocycles. The Bertz CT molecular complexity index is 540. The molecule has 0 aliphatic carbocycles. The van der Waals surface area contributed by atoms with Gasteiger partial charge in [-0.2, -0.15) is 0 Å². The molecule has 0 amide bonds. The first-order valence-corrected chi connectivity index (χ1v) is 7.23. The first-order valence-electron chi connectivity index (χ1n) is 5.86. The van der Waals surface area contributed by atoms with Crippen molar-refractivity contribution in [3.63, 3.8) is 0 Å². The van der Waals surface area contributed by atoms with Crippen molar-refractivity contribution in [3.05, 3.63) is 64.2 Å². The van der Waals surface area contributed by atoms with Crippen molar-refractivity contribution in [3.8, 4) is 0 Å². The summed E-state index contributed by atoms with van der Waals surface area (Å²) in [7, 11) is 0. The van der Waals surface area contributed by atoms with Crippen LogP contribution in [0.2, 0.25) is 5.02 Å². The van der Waals surface area contributed by atoms with Gasteiger partial charge in [-0.3, -0.25) is 0 Å². The summed E-state index contributed by atoms with van der Waals surface area (Å²) in [6.45, 7) is 2.63. The van der Waals surface area contributed by atoms with Gasteiger partial charge in [-0.05, 0) is 24.1 Å². The minimum Gasteiger partial charge on any atom is -0.326 e. The molecule has 0 saturated heterocycles. The molecule has 0 aliphatic heterocycles.